The van der Waals surface area contributed by atoms with Crippen molar-refractivity contribution < 1.29 is 9.47 Å². The summed E-state index contributed by atoms with van der Waals surface area (Å²) >= 11 is 0. The Morgan fingerprint density at radius 1 is 0.375 bits per heavy atom. The normalized spacial score (nSPS) is 13.7. The first-order valence-corrected chi connectivity index (χ1v) is 18.6. The summed E-state index contributed by atoms with van der Waals surface area (Å²) in [4.78, 5) is 0. The Morgan fingerprint density at radius 2 is 0.896 bits per heavy atom. The highest BCUT2D eigenvalue weighted by molar-refractivity contribution is 7.19. The average Bonchev–Trinajstić information content (AvgIpc) is 3.36. The van der Waals surface area contributed by atoms with E-state index in [0.717, 1.165) is 34.1 Å². The second-order valence-electron chi connectivity index (χ2n) is 13.3. The molecule has 7 aromatic carbocycles. The molecule has 0 unspecified atom stereocenters. The maximum Gasteiger partial charge on any atom is 0.179 e. The third-order valence-electron chi connectivity index (χ3n) is 10.3. The summed E-state index contributed by atoms with van der Waals surface area (Å²) in [6.45, 7) is 4.58. The van der Waals surface area contributed by atoms with Crippen LogP contribution in [-0.2, 0) is 5.41 Å². The topological polar surface area (TPSA) is 18.5 Å². The number of benzene rings is 7. The molecular formula is C45H34O2Si. The minimum absolute atomic E-state index is 0.112. The van der Waals surface area contributed by atoms with Crippen molar-refractivity contribution >= 4 is 28.8 Å². The van der Waals surface area contributed by atoms with Crippen molar-refractivity contribution in [3.8, 4) is 45.3 Å². The number of hydrogen-bond donors (Lipinski definition) is 0. The monoisotopic (exact) mass is 634 g/mol. The molecule has 48 heavy (non-hydrogen) atoms. The van der Waals surface area contributed by atoms with Crippen LogP contribution in [0.25, 0.3) is 22.3 Å². The number of hydrogen-bond acceptors (Lipinski definition) is 2. The number of rotatable bonds is 5. The van der Waals surface area contributed by atoms with Gasteiger partial charge in [-0.2, -0.15) is 0 Å². The van der Waals surface area contributed by atoms with Crippen molar-refractivity contribution in [3.63, 3.8) is 0 Å². The third kappa shape index (κ3) is 4.32. The van der Waals surface area contributed by atoms with E-state index in [4.69, 9.17) is 9.47 Å². The van der Waals surface area contributed by atoms with Crippen LogP contribution in [0.15, 0.2) is 170 Å². The molecular weight excluding hydrogens is 601 g/mol. The molecule has 0 bridgehead atoms. The zero-order valence-electron chi connectivity index (χ0n) is 27.0. The molecule has 1 aliphatic carbocycles. The van der Waals surface area contributed by atoms with E-state index in [1.165, 1.54) is 43.0 Å². The lowest BCUT2D eigenvalue weighted by molar-refractivity contribution is 0.359. The summed E-state index contributed by atoms with van der Waals surface area (Å²) in [6, 6.07) is 61.6. The summed E-state index contributed by atoms with van der Waals surface area (Å²) in [7, 11) is -2.65. The first kappa shape index (κ1) is 28.6. The summed E-state index contributed by atoms with van der Waals surface area (Å²) in [6.07, 6.45) is 0. The van der Waals surface area contributed by atoms with Crippen LogP contribution < -0.4 is 30.2 Å². The second-order valence-corrected chi connectivity index (χ2v) is 17.1. The first-order chi connectivity index (χ1) is 23.5. The van der Waals surface area contributed by atoms with E-state index in [-0.39, 0.29) is 5.41 Å². The molecule has 1 heterocycles. The van der Waals surface area contributed by atoms with Gasteiger partial charge in [0, 0.05) is 5.41 Å². The molecule has 0 radical (unpaired) electrons. The van der Waals surface area contributed by atoms with Crippen LogP contribution >= 0.6 is 0 Å². The van der Waals surface area contributed by atoms with Crippen molar-refractivity contribution in [2.45, 2.75) is 19.3 Å². The van der Waals surface area contributed by atoms with Gasteiger partial charge >= 0.3 is 0 Å². The summed E-state index contributed by atoms with van der Waals surface area (Å²) < 4.78 is 13.2. The standard InChI is InChI=1S/C45H34O2Si/c1-45(2)39-24-13-12-23-37(39)38-29-43-44(30-40(38)45)47-42-28-32(25-26-41(42)46-43)31-15-14-22-36(27-31)48(33-16-6-3-7-17-33,34-18-8-4-9-19-34)35-20-10-5-11-21-35/h3-30H,1-2H3. The zero-order valence-corrected chi connectivity index (χ0v) is 28.0. The lowest BCUT2D eigenvalue weighted by Gasteiger charge is -2.34. The van der Waals surface area contributed by atoms with Gasteiger partial charge in [0.15, 0.2) is 31.1 Å². The summed E-state index contributed by atoms with van der Waals surface area (Å²) in [5.41, 5.74) is 7.22. The van der Waals surface area contributed by atoms with Gasteiger partial charge in [-0.3, -0.25) is 0 Å². The van der Waals surface area contributed by atoms with Crippen LogP contribution in [-0.4, -0.2) is 8.07 Å². The molecule has 0 aromatic heterocycles. The fraction of sp³-hybridized carbons (Fsp3) is 0.0667. The quantitative estimate of drug-likeness (QED) is 0.139. The van der Waals surface area contributed by atoms with E-state index in [0.29, 0.717) is 0 Å². The largest absolute Gasteiger partial charge is 0.449 e. The van der Waals surface area contributed by atoms with Crippen LogP contribution in [0.4, 0.5) is 0 Å². The third-order valence-corrected chi connectivity index (χ3v) is 15.1. The molecule has 7 aromatic rings. The number of fused-ring (bicyclic) bond motifs is 5. The van der Waals surface area contributed by atoms with Crippen molar-refractivity contribution in [2.24, 2.45) is 0 Å². The van der Waals surface area contributed by atoms with Crippen molar-refractivity contribution in [3.05, 3.63) is 181 Å². The molecule has 0 spiro atoms. The predicted molar refractivity (Wildman–Crippen MR) is 200 cm³/mol. The van der Waals surface area contributed by atoms with Crippen LogP contribution in [0.5, 0.6) is 23.0 Å². The Labute approximate surface area is 282 Å². The second kappa shape index (κ2) is 11.0. The molecule has 0 amide bonds. The van der Waals surface area contributed by atoms with Crippen LogP contribution in [0.2, 0.25) is 0 Å². The van der Waals surface area contributed by atoms with E-state index in [9.17, 15) is 0 Å². The number of ether oxygens (including phenoxy) is 2. The molecule has 0 saturated heterocycles. The molecule has 230 valence electrons. The molecule has 2 aliphatic rings. The Kier molecular flexibility index (Phi) is 6.53. The highest BCUT2D eigenvalue weighted by Gasteiger charge is 2.41. The van der Waals surface area contributed by atoms with Gasteiger partial charge in [-0.15, -0.1) is 0 Å². The molecule has 2 nitrogen and oxygen atoms in total. The van der Waals surface area contributed by atoms with Gasteiger partial charge in [-0.25, -0.2) is 0 Å². The summed E-state index contributed by atoms with van der Waals surface area (Å²) in [5, 5.41) is 5.41. The summed E-state index contributed by atoms with van der Waals surface area (Å²) in [5.74, 6) is 2.98. The maximum atomic E-state index is 6.65. The molecule has 1 aliphatic heterocycles. The van der Waals surface area contributed by atoms with Gasteiger partial charge in [0.1, 0.15) is 0 Å². The van der Waals surface area contributed by atoms with Gasteiger partial charge in [-0.1, -0.05) is 159 Å². The fourth-order valence-electron chi connectivity index (χ4n) is 7.95. The van der Waals surface area contributed by atoms with Crippen LogP contribution in [0.1, 0.15) is 25.0 Å². The lowest BCUT2D eigenvalue weighted by atomic mass is 9.82. The Morgan fingerprint density at radius 3 is 1.56 bits per heavy atom. The molecule has 0 atom stereocenters. The van der Waals surface area contributed by atoms with E-state index in [2.05, 4.69) is 178 Å². The van der Waals surface area contributed by atoms with Crippen molar-refractivity contribution in [1.29, 1.82) is 0 Å². The Balaban J connectivity index is 1.15. The van der Waals surface area contributed by atoms with Gasteiger partial charge in [-0.05, 0) is 78.4 Å². The van der Waals surface area contributed by atoms with Crippen molar-refractivity contribution in [2.75, 3.05) is 0 Å². The minimum Gasteiger partial charge on any atom is -0.449 e. The predicted octanol–water partition coefficient (Wildman–Crippen LogP) is 8.94. The van der Waals surface area contributed by atoms with Gasteiger partial charge in [0.25, 0.3) is 0 Å². The van der Waals surface area contributed by atoms with E-state index < -0.39 is 8.07 Å². The van der Waals surface area contributed by atoms with Crippen LogP contribution in [0, 0.1) is 0 Å². The highest BCUT2D eigenvalue weighted by Crippen LogP contribution is 2.55. The molecule has 0 N–H and O–H groups in total. The lowest BCUT2D eigenvalue weighted by Crippen LogP contribution is -2.74. The van der Waals surface area contributed by atoms with Crippen molar-refractivity contribution in [1.82, 2.24) is 0 Å². The maximum absolute atomic E-state index is 6.65. The Hall–Kier alpha value is -5.64. The highest BCUT2D eigenvalue weighted by atomic mass is 28.3. The van der Waals surface area contributed by atoms with Gasteiger partial charge in [0.2, 0.25) is 0 Å². The Bertz CT molecular complexity index is 2210. The smallest absolute Gasteiger partial charge is 0.179 e. The van der Waals surface area contributed by atoms with Gasteiger partial charge in [0.05, 0.1) is 0 Å². The minimum atomic E-state index is -2.65. The van der Waals surface area contributed by atoms with Gasteiger partial charge < -0.3 is 9.47 Å². The average molecular weight is 635 g/mol. The molecule has 3 heteroatoms. The molecule has 9 rings (SSSR count). The van der Waals surface area contributed by atoms with E-state index in [1.54, 1.807) is 0 Å². The fourth-order valence-corrected chi connectivity index (χ4v) is 12.7. The molecule has 0 saturated carbocycles. The SMILES string of the molecule is CC1(C)c2ccccc2-c2cc3c(cc21)Oc1cc(-c2cccc([Si](c4ccccc4)(c4ccccc4)c4ccccc4)c2)ccc1O3. The zero-order chi connectivity index (χ0) is 32.3. The van der Waals surface area contributed by atoms with E-state index >= 15 is 0 Å². The van der Waals surface area contributed by atoms with E-state index in [1.807, 2.05) is 6.07 Å². The molecule has 0 fully saturated rings. The van der Waals surface area contributed by atoms with Crippen LogP contribution in [0.3, 0.4) is 0 Å². The first-order valence-electron chi connectivity index (χ1n) is 16.6.